The van der Waals surface area contributed by atoms with E-state index in [9.17, 15) is 19.2 Å². The average molecular weight is 1180 g/mol. The third-order valence-corrected chi connectivity index (χ3v) is 14.7. The van der Waals surface area contributed by atoms with Crippen molar-refractivity contribution in [2.75, 3.05) is 130 Å². The van der Waals surface area contributed by atoms with Crippen LogP contribution in [0.25, 0.3) is 0 Å². The summed E-state index contributed by atoms with van der Waals surface area (Å²) in [7, 11) is 4.13. The molecule has 1 aliphatic carbocycles. The lowest BCUT2D eigenvalue weighted by atomic mass is 10.1. The summed E-state index contributed by atoms with van der Waals surface area (Å²) in [5.74, 6) is 6.70. The Bertz CT molecular complexity index is 2750. The number of aromatic nitrogens is 3. The first-order valence-electron chi connectivity index (χ1n) is 29.0. The van der Waals surface area contributed by atoms with Gasteiger partial charge in [0.2, 0.25) is 17.7 Å². The Hall–Kier alpha value is -7.28. The van der Waals surface area contributed by atoms with E-state index in [0.717, 1.165) is 68.7 Å². The zero-order valence-electron chi connectivity index (χ0n) is 49.5. The maximum atomic E-state index is 14.0. The number of nitrogens with zero attached hydrogens (tertiary/aromatic N) is 9. The Balaban J connectivity index is 0.736. The molecule has 0 bridgehead atoms. The molecule has 1 atom stereocenters. The summed E-state index contributed by atoms with van der Waals surface area (Å²) in [5.41, 5.74) is 4.24. The number of hydrazone groups is 1. The number of aliphatic imine (C=N–C) groups is 1. The molecule has 1 saturated carbocycles. The quantitative estimate of drug-likeness (QED) is 0.0116. The molecule has 22 nitrogen and oxygen atoms in total. The van der Waals surface area contributed by atoms with Gasteiger partial charge in [0.25, 0.3) is 0 Å². The summed E-state index contributed by atoms with van der Waals surface area (Å²) in [6, 6.07) is 13.8. The number of ether oxygens (including phenoxy) is 5. The number of unbranched alkanes of at least 4 members (excludes halogenated alkanes) is 1. The number of amides is 5. The van der Waals surface area contributed by atoms with Crippen LogP contribution in [-0.4, -0.2) is 195 Å². The molecule has 5 amide bonds. The number of rotatable bonds is 39. The number of aryl methyl sites for hydroxylation is 1. The van der Waals surface area contributed by atoms with Crippen molar-refractivity contribution in [3.8, 4) is 11.5 Å². The Morgan fingerprint density at radius 3 is 2.25 bits per heavy atom. The molecule has 2 fully saturated rings. The highest BCUT2D eigenvalue weighted by Gasteiger charge is 2.42. The third-order valence-electron chi connectivity index (χ3n) is 13.9. The maximum absolute atomic E-state index is 14.0. The number of likely N-dealkylation sites (N-methyl/N-ethyl adjacent to an activating group) is 2. The molecule has 5 N–H and O–H groups in total. The molecule has 1 unspecified atom stereocenters. The number of nitrogens with two attached hydrogens (primary N) is 1. The fourth-order valence-corrected chi connectivity index (χ4v) is 9.50. The van der Waals surface area contributed by atoms with Gasteiger partial charge in [0.05, 0.1) is 82.6 Å². The van der Waals surface area contributed by atoms with Gasteiger partial charge in [-0.3, -0.25) is 24.7 Å². The van der Waals surface area contributed by atoms with Crippen LogP contribution in [-0.2, 0) is 41.4 Å². The Morgan fingerprint density at radius 1 is 0.857 bits per heavy atom. The van der Waals surface area contributed by atoms with E-state index in [4.69, 9.17) is 29.5 Å². The van der Waals surface area contributed by atoms with Gasteiger partial charge in [-0.15, -0.1) is 11.3 Å². The van der Waals surface area contributed by atoms with E-state index in [0.29, 0.717) is 119 Å². The van der Waals surface area contributed by atoms with Gasteiger partial charge in [0, 0.05) is 87.7 Å². The van der Waals surface area contributed by atoms with Crippen LogP contribution < -0.4 is 31.3 Å². The predicted octanol–water partition coefficient (Wildman–Crippen LogP) is 6.96. The summed E-state index contributed by atoms with van der Waals surface area (Å²) in [4.78, 5) is 74.5. The SMILES string of the molecule is C=C/C=C(\C=C)CNC(=O)C(c1cn(C(C)C)cn1)N(C(=O)CCc1ccc(OCCCCN(C)CCOCCOCC/C(C=NCCOCCOc2ccc(NC(=O)Nc3nc(CC(=O)N4CCN(C)CC4)cs3)cc2)=N/N)cc1)C1CC1. The zero-order chi connectivity index (χ0) is 59.9. The van der Waals surface area contributed by atoms with Crippen LogP contribution in [0.15, 0.2) is 113 Å². The number of hydrogen-bond acceptors (Lipinski definition) is 17. The van der Waals surface area contributed by atoms with Gasteiger partial charge < -0.3 is 64.3 Å². The van der Waals surface area contributed by atoms with Crippen LogP contribution in [0.1, 0.15) is 81.4 Å². The minimum atomic E-state index is -0.841. The average Bonchev–Trinajstić information content (AvgIpc) is 4.04. The van der Waals surface area contributed by atoms with Gasteiger partial charge in [0.15, 0.2) is 11.2 Å². The smallest absolute Gasteiger partial charge is 0.325 e. The van der Waals surface area contributed by atoms with Crippen molar-refractivity contribution in [3.05, 3.63) is 120 Å². The lowest BCUT2D eigenvalue weighted by Gasteiger charge is -2.32. The van der Waals surface area contributed by atoms with E-state index >= 15 is 0 Å². The predicted molar refractivity (Wildman–Crippen MR) is 330 cm³/mol. The van der Waals surface area contributed by atoms with Gasteiger partial charge in [-0.2, -0.15) is 5.10 Å². The minimum absolute atomic E-state index is 0.00721. The standard InChI is InChI=1S/C61H87N13O9S/c1-7-11-47(8-2)41-64-59(77)58(55-43-73(45-65-55)46(3)4)74(52-17-18-52)56(75)23-14-48-12-19-53(20-13-48)82-32-10-9-26-70(5)31-35-81-37-36-79-33-24-50(69-62)42-63-25-34-80-38-39-83-54-21-15-49(16-22-54)66-60(78)68-61-67-51(44-84-61)40-57(76)72-29-27-71(6)28-30-72/h7-8,11-13,15-16,19-22,42-46,52,58H,1-2,9-10,14,17-18,23-41,62H2,3-6H3,(H,64,77)(H2,66,67,68,78)/b47-11+,63-42?,69-50-. The summed E-state index contributed by atoms with van der Waals surface area (Å²) in [6.07, 6.45) is 15.5. The molecular formula is C61H87N13O9S. The van der Waals surface area contributed by atoms with E-state index in [2.05, 4.69) is 66.0 Å². The van der Waals surface area contributed by atoms with E-state index in [-0.39, 0.29) is 49.2 Å². The van der Waals surface area contributed by atoms with Crippen molar-refractivity contribution < 1.29 is 42.9 Å². The monoisotopic (exact) mass is 1180 g/mol. The Labute approximate surface area is 499 Å². The molecule has 3 heterocycles. The summed E-state index contributed by atoms with van der Waals surface area (Å²) in [6.45, 7) is 20.9. The van der Waals surface area contributed by atoms with Gasteiger partial charge in [-0.1, -0.05) is 43.5 Å². The zero-order valence-corrected chi connectivity index (χ0v) is 50.3. The van der Waals surface area contributed by atoms with Gasteiger partial charge >= 0.3 is 6.03 Å². The van der Waals surface area contributed by atoms with Gasteiger partial charge in [-0.05, 0) is 114 Å². The molecule has 456 valence electrons. The normalized spacial score (nSPS) is 14.4. The van der Waals surface area contributed by atoms with E-state index in [1.165, 1.54) is 11.3 Å². The molecule has 6 rings (SSSR count). The third kappa shape index (κ3) is 23.8. The summed E-state index contributed by atoms with van der Waals surface area (Å²) < 4.78 is 30.9. The van der Waals surface area contributed by atoms with Crippen LogP contribution in [0.4, 0.5) is 15.6 Å². The van der Waals surface area contributed by atoms with Gasteiger partial charge in [-0.25, -0.2) is 14.8 Å². The van der Waals surface area contributed by atoms with Crippen molar-refractivity contribution in [1.29, 1.82) is 0 Å². The van der Waals surface area contributed by atoms with Crippen LogP contribution in [0.3, 0.4) is 0 Å². The summed E-state index contributed by atoms with van der Waals surface area (Å²) >= 11 is 1.28. The molecule has 23 heteroatoms. The lowest BCUT2D eigenvalue weighted by Crippen LogP contribution is -2.47. The number of carbonyl (C=O) groups excluding carboxylic acids is 4. The lowest BCUT2D eigenvalue weighted by molar-refractivity contribution is -0.141. The number of piperazine rings is 1. The topological polar surface area (TPSA) is 245 Å². The number of nitrogens with one attached hydrogen (secondary N) is 3. The minimum Gasteiger partial charge on any atom is -0.494 e. The molecule has 2 aromatic heterocycles. The molecule has 4 aromatic rings. The van der Waals surface area contributed by atoms with Crippen molar-refractivity contribution in [1.82, 2.24) is 39.5 Å². The number of allylic oxidation sites excluding steroid dienone is 2. The van der Waals surface area contributed by atoms with E-state index < -0.39 is 12.1 Å². The molecule has 2 aliphatic rings. The number of thiazole rings is 1. The number of hydrogen-bond donors (Lipinski definition) is 4. The van der Waals surface area contributed by atoms with Crippen LogP contribution in [0.2, 0.25) is 0 Å². The van der Waals surface area contributed by atoms with E-state index in [1.54, 1.807) is 65.3 Å². The fourth-order valence-electron chi connectivity index (χ4n) is 8.80. The highest BCUT2D eigenvalue weighted by atomic mass is 32.1. The van der Waals surface area contributed by atoms with Crippen LogP contribution in [0, 0.1) is 0 Å². The number of imidazole rings is 1. The van der Waals surface area contributed by atoms with Crippen molar-refractivity contribution in [2.45, 2.75) is 83.3 Å². The number of urea groups is 1. The van der Waals surface area contributed by atoms with Crippen molar-refractivity contribution in [2.24, 2.45) is 15.9 Å². The molecule has 0 spiro atoms. The van der Waals surface area contributed by atoms with Crippen molar-refractivity contribution in [3.63, 3.8) is 0 Å². The molecule has 2 aromatic carbocycles. The second kappa shape index (κ2) is 36.4. The number of benzene rings is 2. The van der Waals surface area contributed by atoms with Crippen LogP contribution in [0.5, 0.6) is 11.5 Å². The van der Waals surface area contributed by atoms with Crippen molar-refractivity contribution >= 4 is 57.8 Å². The maximum Gasteiger partial charge on any atom is 0.325 e. The second-order valence-corrected chi connectivity index (χ2v) is 21.7. The molecule has 1 aliphatic heterocycles. The molecular weight excluding hydrogens is 1090 g/mol. The number of carbonyl (C=O) groups is 4. The summed E-state index contributed by atoms with van der Waals surface area (Å²) in [5, 5.41) is 14.6. The molecule has 0 radical (unpaired) electrons. The molecule has 84 heavy (non-hydrogen) atoms. The Kier molecular flexibility index (Phi) is 28.6. The number of anilines is 2. The Morgan fingerprint density at radius 2 is 1.56 bits per heavy atom. The highest BCUT2D eigenvalue weighted by molar-refractivity contribution is 7.14. The first-order chi connectivity index (χ1) is 40.8. The van der Waals surface area contributed by atoms with Crippen LogP contribution >= 0.6 is 11.3 Å². The van der Waals surface area contributed by atoms with E-state index in [1.807, 2.05) is 60.8 Å². The fraction of sp³-hybridized carbons (Fsp3) is 0.508. The largest absolute Gasteiger partial charge is 0.494 e. The van der Waals surface area contributed by atoms with Gasteiger partial charge in [0.1, 0.15) is 18.1 Å². The molecule has 1 saturated heterocycles. The first-order valence-corrected chi connectivity index (χ1v) is 29.9. The first kappa shape index (κ1) is 65.9. The highest BCUT2D eigenvalue weighted by Crippen LogP contribution is 2.36. The second-order valence-electron chi connectivity index (χ2n) is 20.9.